The molecule has 2 atom stereocenters. The van der Waals surface area contributed by atoms with Crippen LogP contribution in [0, 0.1) is 0 Å². The zero-order valence-corrected chi connectivity index (χ0v) is 15.8. The van der Waals surface area contributed by atoms with Crippen molar-refractivity contribution in [2.75, 3.05) is 7.11 Å². The molecule has 1 N–H and O–H groups in total. The van der Waals surface area contributed by atoms with Crippen LogP contribution >= 0.6 is 0 Å². The van der Waals surface area contributed by atoms with Gasteiger partial charge in [-0.3, -0.25) is 0 Å². The number of carbonyl (C=O) groups is 1. The molecular weight excluding hydrogens is 372 g/mol. The highest BCUT2D eigenvalue weighted by molar-refractivity contribution is 5.75. The molecule has 0 aromatic heterocycles. The smallest absolute Gasteiger partial charge is 0.349 e. The molecule has 1 aliphatic heterocycles. The normalized spacial score (nSPS) is 17.4. The summed E-state index contributed by atoms with van der Waals surface area (Å²) in [6, 6.07) is 21.9. The average molecular weight is 392 g/mol. The first-order valence-electron chi connectivity index (χ1n) is 9.15. The van der Waals surface area contributed by atoms with E-state index in [-0.39, 0.29) is 0 Å². The fourth-order valence-electron chi connectivity index (χ4n) is 3.19. The quantitative estimate of drug-likeness (QED) is 0.676. The van der Waals surface area contributed by atoms with E-state index >= 15 is 0 Å². The minimum Gasteiger partial charge on any atom is -0.497 e. The molecule has 1 aliphatic rings. The van der Waals surface area contributed by atoms with Crippen LogP contribution in [-0.2, 0) is 11.4 Å². The third-order valence-corrected chi connectivity index (χ3v) is 4.64. The van der Waals surface area contributed by atoms with E-state index in [0.717, 1.165) is 5.56 Å². The predicted octanol–water partition coefficient (Wildman–Crippen LogP) is 4.24. The van der Waals surface area contributed by atoms with E-state index < -0.39 is 18.2 Å². The Morgan fingerprint density at radius 2 is 1.66 bits per heavy atom. The zero-order valence-electron chi connectivity index (χ0n) is 15.8. The van der Waals surface area contributed by atoms with Crippen LogP contribution in [0.1, 0.15) is 17.2 Å². The topological polar surface area (TPSA) is 74.2 Å². The van der Waals surface area contributed by atoms with Gasteiger partial charge in [0.2, 0.25) is 6.10 Å². The van der Waals surface area contributed by atoms with E-state index in [1.807, 2.05) is 30.3 Å². The molecule has 2 unspecified atom stereocenters. The van der Waals surface area contributed by atoms with Crippen LogP contribution < -0.4 is 18.9 Å². The molecular formula is C23H20O6. The molecule has 29 heavy (non-hydrogen) atoms. The van der Waals surface area contributed by atoms with Crippen molar-refractivity contribution < 1.29 is 28.8 Å². The van der Waals surface area contributed by atoms with Crippen molar-refractivity contribution in [3.63, 3.8) is 0 Å². The summed E-state index contributed by atoms with van der Waals surface area (Å²) in [5.41, 5.74) is 1.56. The SMILES string of the molecule is COc1ccc(C2Oc3ccccc3OC2C(=O)O)c(OCc2ccccc2)c1. The van der Waals surface area contributed by atoms with Gasteiger partial charge in [0.15, 0.2) is 17.6 Å². The third kappa shape index (κ3) is 3.96. The van der Waals surface area contributed by atoms with Crippen LogP contribution in [0.3, 0.4) is 0 Å². The van der Waals surface area contributed by atoms with Crippen molar-refractivity contribution >= 4 is 5.97 Å². The first-order valence-corrected chi connectivity index (χ1v) is 9.15. The van der Waals surface area contributed by atoms with Gasteiger partial charge in [0.25, 0.3) is 0 Å². The van der Waals surface area contributed by atoms with E-state index in [9.17, 15) is 9.90 Å². The second-order valence-electron chi connectivity index (χ2n) is 6.54. The van der Waals surface area contributed by atoms with Gasteiger partial charge in [-0.2, -0.15) is 0 Å². The van der Waals surface area contributed by atoms with Gasteiger partial charge < -0.3 is 24.1 Å². The molecule has 6 heteroatoms. The summed E-state index contributed by atoms with van der Waals surface area (Å²) in [4.78, 5) is 11.9. The minimum atomic E-state index is -1.21. The number of para-hydroxylation sites is 2. The van der Waals surface area contributed by atoms with Crippen molar-refractivity contribution in [1.82, 2.24) is 0 Å². The molecule has 148 valence electrons. The summed E-state index contributed by atoms with van der Waals surface area (Å²) in [7, 11) is 1.56. The number of ether oxygens (including phenoxy) is 4. The van der Waals surface area contributed by atoms with Crippen LogP contribution in [0.15, 0.2) is 72.8 Å². The first kappa shape index (κ1) is 18.7. The lowest BCUT2D eigenvalue weighted by Crippen LogP contribution is -2.39. The van der Waals surface area contributed by atoms with E-state index in [2.05, 4.69) is 0 Å². The largest absolute Gasteiger partial charge is 0.497 e. The molecule has 0 radical (unpaired) electrons. The van der Waals surface area contributed by atoms with E-state index in [4.69, 9.17) is 18.9 Å². The molecule has 0 amide bonds. The third-order valence-electron chi connectivity index (χ3n) is 4.64. The van der Waals surface area contributed by atoms with E-state index in [1.54, 1.807) is 49.6 Å². The summed E-state index contributed by atoms with van der Waals surface area (Å²) in [6.45, 7) is 0.322. The van der Waals surface area contributed by atoms with Gasteiger partial charge in [-0.15, -0.1) is 0 Å². The van der Waals surface area contributed by atoms with Crippen molar-refractivity contribution in [2.45, 2.75) is 18.8 Å². The summed E-state index contributed by atoms with van der Waals surface area (Å²) in [5, 5.41) is 9.72. The Bertz CT molecular complexity index is 1000. The molecule has 3 aromatic carbocycles. The molecule has 0 spiro atoms. The molecule has 4 rings (SSSR count). The molecule has 3 aromatic rings. The molecule has 0 saturated carbocycles. The Labute approximate surface area is 168 Å². The Hall–Kier alpha value is -3.67. The average Bonchev–Trinajstić information content (AvgIpc) is 2.77. The monoisotopic (exact) mass is 392 g/mol. The van der Waals surface area contributed by atoms with Gasteiger partial charge in [-0.1, -0.05) is 42.5 Å². The van der Waals surface area contributed by atoms with Gasteiger partial charge in [0.05, 0.1) is 7.11 Å². The summed E-state index contributed by atoms with van der Waals surface area (Å²) >= 11 is 0. The van der Waals surface area contributed by atoms with Gasteiger partial charge >= 0.3 is 5.97 Å². The van der Waals surface area contributed by atoms with Gasteiger partial charge in [0.1, 0.15) is 18.1 Å². The lowest BCUT2D eigenvalue weighted by molar-refractivity contribution is -0.151. The Balaban J connectivity index is 1.69. The van der Waals surface area contributed by atoms with Crippen LogP contribution in [0.2, 0.25) is 0 Å². The van der Waals surface area contributed by atoms with Crippen LogP contribution in [0.25, 0.3) is 0 Å². The number of carboxylic acid groups (broad SMARTS) is 1. The molecule has 6 nitrogen and oxygen atoms in total. The van der Waals surface area contributed by atoms with Crippen LogP contribution in [-0.4, -0.2) is 24.3 Å². The molecule has 1 heterocycles. The summed E-state index contributed by atoms with van der Waals surface area (Å²) in [6.07, 6.45) is -2.09. The van der Waals surface area contributed by atoms with Gasteiger partial charge in [0, 0.05) is 11.6 Å². The fourth-order valence-corrected chi connectivity index (χ4v) is 3.19. The lowest BCUT2D eigenvalue weighted by Gasteiger charge is -2.32. The van der Waals surface area contributed by atoms with E-state index in [0.29, 0.717) is 35.2 Å². The standard InChI is InChI=1S/C23H20O6/c1-26-16-11-12-17(20(13-16)27-14-15-7-3-2-4-8-15)21-22(23(24)25)29-19-10-6-5-9-18(19)28-21/h2-13,21-22H,14H2,1H3,(H,24,25). The lowest BCUT2D eigenvalue weighted by atomic mass is 10.0. The first-order chi connectivity index (χ1) is 14.2. The van der Waals surface area contributed by atoms with Crippen molar-refractivity contribution in [3.8, 4) is 23.0 Å². The second kappa shape index (κ2) is 8.14. The minimum absolute atomic E-state index is 0.322. The highest BCUT2D eigenvalue weighted by Gasteiger charge is 2.39. The molecule has 0 aliphatic carbocycles. The second-order valence-corrected chi connectivity index (χ2v) is 6.54. The number of fused-ring (bicyclic) bond motifs is 1. The highest BCUT2D eigenvalue weighted by atomic mass is 16.6. The maximum absolute atomic E-state index is 11.9. The van der Waals surface area contributed by atoms with Crippen LogP contribution in [0.5, 0.6) is 23.0 Å². The Kier molecular flexibility index (Phi) is 5.24. The Morgan fingerprint density at radius 1 is 0.966 bits per heavy atom. The fraction of sp³-hybridized carbons (Fsp3) is 0.174. The van der Waals surface area contributed by atoms with Crippen molar-refractivity contribution in [2.24, 2.45) is 0 Å². The number of aliphatic carboxylic acids is 1. The van der Waals surface area contributed by atoms with Gasteiger partial charge in [-0.05, 0) is 29.8 Å². The summed E-state index contributed by atoms with van der Waals surface area (Å²) in [5.74, 6) is 0.846. The maximum Gasteiger partial charge on any atom is 0.349 e. The Morgan fingerprint density at radius 3 is 2.34 bits per heavy atom. The number of rotatable bonds is 6. The van der Waals surface area contributed by atoms with Crippen molar-refractivity contribution in [3.05, 3.63) is 83.9 Å². The molecule has 0 bridgehead atoms. The molecule has 0 saturated heterocycles. The highest BCUT2D eigenvalue weighted by Crippen LogP contribution is 2.42. The van der Waals surface area contributed by atoms with Crippen molar-refractivity contribution in [1.29, 1.82) is 0 Å². The maximum atomic E-state index is 11.9. The number of hydrogen-bond acceptors (Lipinski definition) is 5. The summed E-state index contributed by atoms with van der Waals surface area (Å²) < 4.78 is 23.1. The number of benzene rings is 3. The zero-order chi connectivity index (χ0) is 20.2. The predicted molar refractivity (Wildman–Crippen MR) is 106 cm³/mol. The number of methoxy groups -OCH3 is 1. The number of carboxylic acids is 1. The van der Waals surface area contributed by atoms with Gasteiger partial charge in [-0.25, -0.2) is 4.79 Å². The van der Waals surface area contributed by atoms with E-state index in [1.165, 1.54) is 0 Å². The van der Waals surface area contributed by atoms with Crippen LogP contribution in [0.4, 0.5) is 0 Å². The molecule has 0 fully saturated rings. The number of hydrogen-bond donors (Lipinski definition) is 1.